The Morgan fingerprint density at radius 3 is 3.08 bits per heavy atom. The van der Waals surface area contributed by atoms with E-state index in [1.807, 2.05) is 26.1 Å². The number of nitrogens with one attached hydrogen (secondary N) is 1. The smallest absolute Gasteiger partial charge is 0.0765 e. The highest BCUT2D eigenvalue weighted by Gasteiger charge is 1.92. The average molecular weight is 160 g/mol. The van der Waals surface area contributed by atoms with Gasteiger partial charge in [0.15, 0.2) is 0 Å². The monoisotopic (exact) mass is 160 g/mol. The minimum absolute atomic E-state index is 0.696. The minimum atomic E-state index is 0.696. The second kappa shape index (κ2) is 4.40. The zero-order chi connectivity index (χ0) is 8.81. The Kier molecular flexibility index (Phi) is 3.16. The highest BCUT2D eigenvalue weighted by molar-refractivity contribution is 5.49. The molecule has 2 heteroatoms. The van der Waals surface area contributed by atoms with Gasteiger partial charge in [0.05, 0.1) is 6.54 Å². The van der Waals surface area contributed by atoms with E-state index in [4.69, 9.17) is 0 Å². The van der Waals surface area contributed by atoms with Crippen molar-refractivity contribution in [2.75, 3.05) is 11.9 Å². The first-order valence-electron chi connectivity index (χ1n) is 3.88. The average Bonchev–Trinajstić information content (AvgIpc) is 2.09. The van der Waals surface area contributed by atoms with Crippen molar-refractivity contribution >= 4 is 5.69 Å². The summed E-state index contributed by atoms with van der Waals surface area (Å²) >= 11 is 0. The minimum Gasteiger partial charge on any atom is -0.374 e. The lowest BCUT2D eigenvalue weighted by Gasteiger charge is -2.04. The number of nitrogens with zero attached hydrogens (tertiary/aromatic N) is 1. The molecular formula is C10H12N2. The fourth-order valence-electron chi connectivity index (χ4n) is 0.900. The van der Waals surface area contributed by atoms with Gasteiger partial charge in [0.1, 0.15) is 0 Å². The molecule has 0 saturated carbocycles. The molecule has 1 N–H and O–H groups in total. The summed E-state index contributed by atoms with van der Waals surface area (Å²) in [5.41, 5.74) is 2.25. The van der Waals surface area contributed by atoms with Gasteiger partial charge in [0, 0.05) is 18.1 Å². The van der Waals surface area contributed by atoms with Gasteiger partial charge in [-0.1, -0.05) is 5.92 Å². The molecule has 0 radical (unpaired) electrons. The van der Waals surface area contributed by atoms with E-state index in [-0.39, 0.29) is 0 Å². The molecule has 0 spiro atoms. The molecule has 0 unspecified atom stereocenters. The number of hydrogen-bond acceptors (Lipinski definition) is 2. The van der Waals surface area contributed by atoms with Gasteiger partial charge in [-0.25, -0.2) is 0 Å². The third kappa shape index (κ3) is 2.28. The van der Waals surface area contributed by atoms with Crippen LogP contribution in [0, 0.1) is 18.8 Å². The summed E-state index contributed by atoms with van der Waals surface area (Å²) in [6.45, 7) is 4.55. The summed E-state index contributed by atoms with van der Waals surface area (Å²) in [5.74, 6) is 5.77. The van der Waals surface area contributed by atoms with E-state index in [1.165, 1.54) is 0 Å². The predicted octanol–water partition coefficient (Wildman–Crippen LogP) is 1.83. The fraction of sp³-hybridized carbons (Fsp3) is 0.300. The summed E-state index contributed by atoms with van der Waals surface area (Å²) in [6.07, 6.45) is 3.61. The van der Waals surface area contributed by atoms with Gasteiger partial charge in [-0.2, -0.15) is 0 Å². The van der Waals surface area contributed by atoms with Crippen LogP contribution in [0.3, 0.4) is 0 Å². The summed E-state index contributed by atoms with van der Waals surface area (Å²) in [4.78, 5) is 4.00. The lowest BCUT2D eigenvalue weighted by molar-refractivity contribution is 1.24. The van der Waals surface area contributed by atoms with Crippen molar-refractivity contribution < 1.29 is 0 Å². The van der Waals surface area contributed by atoms with Crippen LogP contribution >= 0.6 is 0 Å². The Bertz CT molecular complexity index is 307. The topological polar surface area (TPSA) is 24.9 Å². The van der Waals surface area contributed by atoms with E-state index in [2.05, 4.69) is 22.1 Å². The van der Waals surface area contributed by atoms with E-state index < -0.39 is 0 Å². The predicted molar refractivity (Wildman–Crippen MR) is 50.9 cm³/mol. The molecule has 0 amide bonds. The van der Waals surface area contributed by atoms with Crippen molar-refractivity contribution in [1.29, 1.82) is 0 Å². The van der Waals surface area contributed by atoms with Gasteiger partial charge < -0.3 is 5.32 Å². The summed E-state index contributed by atoms with van der Waals surface area (Å²) in [5, 5.41) is 3.20. The molecule has 12 heavy (non-hydrogen) atoms. The fourth-order valence-corrected chi connectivity index (χ4v) is 0.900. The third-order valence-corrected chi connectivity index (χ3v) is 1.56. The summed E-state index contributed by atoms with van der Waals surface area (Å²) < 4.78 is 0. The number of pyridine rings is 1. The van der Waals surface area contributed by atoms with Crippen LogP contribution in [0.25, 0.3) is 0 Å². The molecule has 0 fully saturated rings. The van der Waals surface area contributed by atoms with E-state index in [0.717, 1.165) is 11.3 Å². The first kappa shape index (κ1) is 8.61. The van der Waals surface area contributed by atoms with E-state index in [9.17, 15) is 0 Å². The molecule has 2 nitrogen and oxygen atoms in total. The number of rotatable bonds is 2. The number of hydrogen-bond donors (Lipinski definition) is 1. The molecule has 62 valence electrons. The van der Waals surface area contributed by atoms with Gasteiger partial charge in [-0.05, 0) is 25.5 Å². The number of aryl methyl sites for hydroxylation is 1. The maximum Gasteiger partial charge on any atom is 0.0765 e. The molecule has 0 aliphatic rings. The second-order valence-electron chi connectivity index (χ2n) is 2.47. The number of anilines is 1. The van der Waals surface area contributed by atoms with E-state index in [1.54, 1.807) is 6.20 Å². The molecular weight excluding hydrogens is 148 g/mol. The quantitative estimate of drug-likeness (QED) is 0.667. The molecule has 1 rings (SSSR count). The maximum atomic E-state index is 4.00. The van der Waals surface area contributed by atoms with Gasteiger partial charge in [0.25, 0.3) is 0 Å². The second-order valence-corrected chi connectivity index (χ2v) is 2.47. The molecule has 0 atom stereocenters. The molecule has 0 bridgehead atoms. The summed E-state index contributed by atoms with van der Waals surface area (Å²) in [7, 11) is 0. The van der Waals surface area contributed by atoms with Crippen molar-refractivity contribution in [2.24, 2.45) is 0 Å². The van der Waals surface area contributed by atoms with Crippen molar-refractivity contribution in [3.05, 3.63) is 24.0 Å². The van der Waals surface area contributed by atoms with Crippen LogP contribution in [0.4, 0.5) is 5.69 Å². The zero-order valence-electron chi connectivity index (χ0n) is 7.39. The largest absolute Gasteiger partial charge is 0.374 e. The Morgan fingerprint density at radius 1 is 1.58 bits per heavy atom. The van der Waals surface area contributed by atoms with Crippen LogP contribution in [-0.2, 0) is 0 Å². The zero-order valence-corrected chi connectivity index (χ0v) is 7.39. The van der Waals surface area contributed by atoms with Crippen LogP contribution < -0.4 is 5.32 Å². The van der Waals surface area contributed by atoms with Gasteiger partial charge in [-0.15, -0.1) is 5.92 Å². The van der Waals surface area contributed by atoms with E-state index in [0.29, 0.717) is 6.54 Å². The Balaban J connectivity index is 2.61. The van der Waals surface area contributed by atoms with Crippen LogP contribution in [0.5, 0.6) is 0 Å². The lowest BCUT2D eigenvalue weighted by Crippen LogP contribution is -2.00. The molecule has 1 aromatic rings. The normalized spacial score (nSPS) is 8.50. The highest BCUT2D eigenvalue weighted by Crippen LogP contribution is 2.10. The third-order valence-electron chi connectivity index (χ3n) is 1.56. The molecule has 1 aromatic heterocycles. The van der Waals surface area contributed by atoms with E-state index >= 15 is 0 Å². The van der Waals surface area contributed by atoms with Gasteiger partial charge in [-0.3, -0.25) is 4.98 Å². The standard InChI is InChI=1S/C10H12N2/c1-3-4-6-12-10-5-7-11-8-9(10)2/h5,7-8H,6H2,1-2H3,(H,11,12). The van der Waals surface area contributed by atoms with Crippen LogP contribution in [0.15, 0.2) is 18.5 Å². The Labute approximate surface area is 73.0 Å². The SMILES string of the molecule is CC#CCNc1ccncc1C. The maximum absolute atomic E-state index is 4.00. The molecule has 0 saturated heterocycles. The van der Waals surface area contributed by atoms with Crippen molar-refractivity contribution in [1.82, 2.24) is 4.98 Å². The first-order valence-corrected chi connectivity index (χ1v) is 3.88. The first-order chi connectivity index (χ1) is 5.84. The van der Waals surface area contributed by atoms with Crippen LogP contribution in [0.2, 0.25) is 0 Å². The molecule has 0 aromatic carbocycles. The van der Waals surface area contributed by atoms with Crippen LogP contribution in [0.1, 0.15) is 12.5 Å². The molecule has 0 aliphatic heterocycles. The van der Waals surface area contributed by atoms with Crippen molar-refractivity contribution in [2.45, 2.75) is 13.8 Å². The lowest BCUT2D eigenvalue weighted by atomic mass is 10.2. The molecule has 1 heterocycles. The van der Waals surface area contributed by atoms with Crippen LogP contribution in [-0.4, -0.2) is 11.5 Å². The number of aromatic nitrogens is 1. The van der Waals surface area contributed by atoms with Crippen molar-refractivity contribution in [3.8, 4) is 11.8 Å². The van der Waals surface area contributed by atoms with Gasteiger partial charge >= 0.3 is 0 Å². The van der Waals surface area contributed by atoms with Crippen molar-refractivity contribution in [3.63, 3.8) is 0 Å². The Hall–Kier alpha value is -1.49. The Morgan fingerprint density at radius 2 is 2.42 bits per heavy atom. The summed E-state index contributed by atoms with van der Waals surface area (Å²) in [6, 6.07) is 1.95. The molecule has 0 aliphatic carbocycles. The highest BCUT2D eigenvalue weighted by atomic mass is 14.9. The van der Waals surface area contributed by atoms with Gasteiger partial charge in [0.2, 0.25) is 0 Å².